The lowest BCUT2D eigenvalue weighted by atomic mass is 9.94. The molecule has 1 unspecified atom stereocenters. The molecule has 1 aromatic carbocycles. The molecular formula is C26H31N3OS. The Balaban J connectivity index is 1.59. The average Bonchev–Trinajstić information content (AvgIpc) is 3.28. The van der Waals surface area contributed by atoms with Crippen LogP contribution in [0.3, 0.4) is 0 Å². The number of carbonyl (C=O) groups excluding carboxylic acids is 1. The molecule has 0 fully saturated rings. The summed E-state index contributed by atoms with van der Waals surface area (Å²) in [7, 11) is 0. The van der Waals surface area contributed by atoms with Crippen molar-refractivity contribution in [3.05, 3.63) is 69.4 Å². The molecule has 0 bridgehead atoms. The van der Waals surface area contributed by atoms with Gasteiger partial charge in [-0.1, -0.05) is 19.9 Å². The number of amides is 2. The van der Waals surface area contributed by atoms with Gasteiger partial charge in [0.2, 0.25) is 0 Å². The van der Waals surface area contributed by atoms with Gasteiger partial charge in [-0.15, -0.1) is 11.3 Å². The number of nitrogens with one attached hydrogen (secondary N) is 1. The fourth-order valence-electron chi connectivity index (χ4n) is 5.36. The van der Waals surface area contributed by atoms with Gasteiger partial charge in [0.1, 0.15) is 5.00 Å². The molecule has 162 valence electrons. The van der Waals surface area contributed by atoms with E-state index in [4.69, 9.17) is 0 Å². The molecule has 4 nitrogen and oxygen atoms in total. The SMILES string of the molecule is Cc1cc(C)cc(NC(=O)N2Cc3c(sc4c3CCCC4)-n3cccc3C2C(C)C)c1. The van der Waals surface area contributed by atoms with Crippen molar-refractivity contribution in [3.63, 3.8) is 0 Å². The Morgan fingerprint density at radius 2 is 1.84 bits per heavy atom. The number of benzene rings is 1. The fourth-order valence-corrected chi connectivity index (χ4v) is 6.77. The highest BCUT2D eigenvalue weighted by Crippen LogP contribution is 2.44. The maximum absolute atomic E-state index is 13.7. The number of aromatic nitrogens is 1. The van der Waals surface area contributed by atoms with Crippen LogP contribution in [-0.4, -0.2) is 15.5 Å². The highest BCUT2D eigenvalue weighted by Gasteiger charge is 2.36. The van der Waals surface area contributed by atoms with Crippen molar-refractivity contribution >= 4 is 23.1 Å². The minimum atomic E-state index is -0.0138. The third-order valence-corrected chi connectivity index (χ3v) is 7.92. The van der Waals surface area contributed by atoms with Gasteiger partial charge in [-0.3, -0.25) is 0 Å². The van der Waals surface area contributed by atoms with Crippen molar-refractivity contribution in [2.75, 3.05) is 5.32 Å². The van der Waals surface area contributed by atoms with Gasteiger partial charge in [-0.25, -0.2) is 4.79 Å². The van der Waals surface area contributed by atoms with Gasteiger partial charge in [-0.05, 0) is 86.4 Å². The molecule has 1 N–H and O–H groups in total. The molecule has 2 aliphatic rings. The molecule has 1 aliphatic heterocycles. The van der Waals surface area contributed by atoms with Crippen molar-refractivity contribution < 1.29 is 4.79 Å². The van der Waals surface area contributed by atoms with E-state index in [9.17, 15) is 4.79 Å². The summed E-state index contributed by atoms with van der Waals surface area (Å²) in [5, 5.41) is 4.53. The van der Waals surface area contributed by atoms with Crippen LogP contribution in [0.25, 0.3) is 5.00 Å². The van der Waals surface area contributed by atoms with E-state index in [-0.39, 0.29) is 12.1 Å². The summed E-state index contributed by atoms with van der Waals surface area (Å²) < 4.78 is 2.35. The first kappa shape index (κ1) is 20.4. The van der Waals surface area contributed by atoms with E-state index in [1.807, 2.05) is 23.5 Å². The maximum atomic E-state index is 13.7. The Morgan fingerprint density at radius 3 is 2.58 bits per heavy atom. The predicted molar refractivity (Wildman–Crippen MR) is 128 cm³/mol. The summed E-state index contributed by atoms with van der Waals surface area (Å²) in [5.41, 5.74) is 7.26. The second kappa shape index (κ2) is 7.86. The smallest absolute Gasteiger partial charge is 0.311 e. The number of nitrogens with zero attached hydrogens (tertiary/aromatic N) is 2. The molecule has 0 saturated heterocycles. The number of urea groups is 1. The van der Waals surface area contributed by atoms with Crippen molar-refractivity contribution in [1.29, 1.82) is 0 Å². The lowest BCUT2D eigenvalue weighted by Crippen LogP contribution is -2.39. The number of fused-ring (bicyclic) bond motifs is 5. The van der Waals surface area contributed by atoms with Gasteiger partial charge >= 0.3 is 6.03 Å². The zero-order chi connectivity index (χ0) is 21.7. The summed E-state index contributed by atoms with van der Waals surface area (Å²) in [6.45, 7) is 9.24. The minimum Gasteiger partial charge on any atom is -0.311 e. The average molecular weight is 434 g/mol. The highest BCUT2D eigenvalue weighted by molar-refractivity contribution is 7.15. The number of hydrogen-bond acceptors (Lipinski definition) is 2. The van der Waals surface area contributed by atoms with Crippen LogP contribution < -0.4 is 5.32 Å². The Bertz CT molecular complexity index is 1120. The van der Waals surface area contributed by atoms with Crippen molar-refractivity contribution in [2.45, 2.75) is 66.0 Å². The number of anilines is 1. The molecular weight excluding hydrogens is 402 g/mol. The fraction of sp³-hybridized carbons (Fsp3) is 0.423. The van der Waals surface area contributed by atoms with E-state index in [1.165, 1.54) is 46.0 Å². The lowest BCUT2D eigenvalue weighted by molar-refractivity contribution is 0.161. The molecule has 0 spiro atoms. The topological polar surface area (TPSA) is 37.3 Å². The van der Waals surface area contributed by atoms with Crippen LogP contribution in [0.1, 0.15) is 65.6 Å². The Labute approximate surface area is 188 Å². The normalized spacial score (nSPS) is 17.7. The molecule has 5 heteroatoms. The number of thiophene rings is 1. The van der Waals surface area contributed by atoms with Crippen molar-refractivity contribution in [2.24, 2.45) is 5.92 Å². The van der Waals surface area contributed by atoms with Gasteiger partial charge in [-0.2, -0.15) is 0 Å². The van der Waals surface area contributed by atoms with E-state index in [0.717, 1.165) is 23.2 Å². The van der Waals surface area contributed by atoms with Gasteiger partial charge < -0.3 is 14.8 Å². The van der Waals surface area contributed by atoms with E-state index in [0.29, 0.717) is 12.5 Å². The monoisotopic (exact) mass is 433 g/mol. The first-order valence-electron chi connectivity index (χ1n) is 11.4. The van der Waals surface area contributed by atoms with Crippen LogP contribution >= 0.6 is 11.3 Å². The molecule has 1 aliphatic carbocycles. The molecule has 3 heterocycles. The summed E-state index contributed by atoms with van der Waals surface area (Å²) in [5.74, 6) is 0.309. The van der Waals surface area contributed by atoms with Crippen LogP contribution in [0.2, 0.25) is 0 Å². The molecule has 2 aromatic heterocycles. The molecule has 3 aromatic rings. The van der Waals surface area contributed by atoms with Gasteiger partial charge in [0, 0.05) is 28.0 Å². The van der Waals surface area contributed by atoms with Gasteiger partial charge in [0.05, 0.1) is 12.6 Å². The maximum Gasteiger partial charge on any atom is 0.322 e. The number of rotatable bonds is 2. The predicted octanol–water partition coefficient (Wildman–Crippen LogP) is 6.78. The lowest BCUT2D eigenvalue weighted by Gasteiger charge is -2.33. The molecule has 31 heavy (non-hydrogen) atoms. The summed E-state index contributed by atoms with van der Waals surface area (Å²) in [4.78, 5) is 17.3. The van der Waals surface area contributed by atoms with Crippen LogP contribution in [0.5, 0.6) is 0 Å². The molecule has 5 rings (SSSR count). The van der Waals surface area contributed by atoms with E-state index < -0.39 is 0 Å². The number of hydrogen-bond donors (Lipinski definition) is 1. The first-order valence-corrected chi connectivity index (χ1v) is 12.2. The highest BCUT2D eigenvalue weighted by atomic mass is 32.1. The van der Waals surface area contributed by atoms with Crippen LogP contribution in [0.15, 0.2) is 36.5 Å². The quantitative estimate of drug-likeness (QED) is 0.475. The molecule has 2 amide bonds. The van der Waals surface area contributed by atoms with Gasteiger partial charge in [0.15, 0.2) is 0 Å². The Morgan fingerprint density at radius 1 is 1.10 bits per heavy atom. The summed E-state index contributed by atoms with van der Waals surface area (Å²) >= 11 is 1.94. The number of carbonyl (C=O) groups is 1. The third kappa shape index (κ3) is 3.59. The standard InChI is InChI=1S/C26H31N3OS/c1-16(2)24-22-9-7-11-28(22)25-21(20-8-5-6-10-23(20)31-25)15-29(24)26(30)27-19-13-17(3)12-18(4)14-19/h7,9,11-14,16,24H,5-6,8,10,15H2,1-4H3,(H,27,30). The second-order valence-electron chi connectivity index (χ2n) is 9.42. The molecule has 0 radical (unpaired) electrons. The third-order valence-electron chi connectivity index (χ3n) is 6.59. The van der Waals surface area contributed by atoms with Crippen LogP contribution in [-0.2, 0) is 19.4 Å². The first-order chi connectivity index (χ1) is 14.9. The van der Waals surface area contributed by atoms with Crippen LogP contribution in [0.4, 0.5) is 10.5 Å². The largest absolute Gasteiger partial charge is 0.322 e. The molecule has 1 atom stereocenters. The van der Waals surface area contributed by atoms with Crippen molar-refractivity contribution in [3.8, 4) is 5.00 Å². The zero-order valence-electron chi connectivity index (χ0n) is 18.9. The molecule has 0 saturated carbocycles. The van der Waals surface area contributed by atoms with Crippen molar-refractivity contribution in [1.82, 2.24) is 9.47 Å². The summed E-state index contributed by atoms with van der Waals surface area (Å²) in [6, 6.07) is 10.6. The van der Waals surface area contributed by atoms with Crippen LogP contribution in [0, 0.1) is 19.8 Å². The Hall–Kier alpha value is -2.53. The van der Waals surface area contributed by atoms with E-state index >= 15 is 0 Å². The van der Waals surface area contributed by atoms with E-state index in [2.05, 4.69) is 66.9 Å². The van der Waals surface area contributed by atoms with Gasteiger partial charge in [0.25, 0.3) is 0 Å². The number of aryl methyl sites for hydroxylation is 3. The minimum absolute atomic E-state index is 0.0138. The van der Waals surface area contributed by atoms with E-state index in [1.54, 1.807) is 0 Å². The summed E-state index contributed by atoms with van der Waals surface area (Å²) in [6.07, 6.45) is 7.01. The Kier molecular flexibility index (Phi) is 5.17. The zero-order valence-corrected chi connectivity index (χ0v) is 19.7. The second-order valence-corrected chi connectivity index (χ2v) is 10.5.